The van der Waals surface area contributed by atoms with Gasteiger partial charge in [-0.15, -0.1) is 0 Å². The molecule has 1 aromatic rings. The van der Waals surface area contributed by atoms with Crippen LogP contribution in [0.5, 0.6) is 0 Å². The monoisotopic (exact) mass is 269 g/mol. The molecule has 100 valence electrons. The summed E-state index contributed by atoms with van der Waals surface area (Å²) in [6.07, 6.45) is 3.81. The highest BCUT2D eigenvalue weighted by molar-refractivity contribution is 7.87. The molecule has 5 nitrogen and oxygen atoms in total. The molecular weight excluding hydrogens is 250 g/mol. The lowest BCUT2D eigenvalue weighted by Crippen LogP contribution is -2.39. The van der Waals surface area contributed by atoms with Crippen molar-refractivity contribution in [2.24, 2.45) is 5.92 Å². The van der Waals surface area contributed by atoms with E-state index in [2.05, 4.69) is 9.71 Å². The summed E-state index contributed by atoms with van der Waals surface area (Å²) in [4.78, 5) is 4.34. The minimum absolute atomic E-state index is 0.210. The van der Waals surface area contributed by atoms with Gasteiger partial charge in [0.2, 0.25) is 0 Å². The van der Waals surface area contributed by atoms with Gasteiger partial charge >= 0.3 is 0 Å². The molecule has 18 heavy (non-hydrogen) atoms. The molecule has 0 unspecified atom stereocenters. The van der Waals surface area contributed by atoms with E-state index in [1.54, 1.807) is 6.20 Å². The van der Waals surface area contributed by atoms with Crippen LogP contribution < -0.4 is 4.72 Å². The summed E-state index contributed by atoms with van der Waals surface area (Å²) in [5.74, 6) is 0.369. The van der Waals surface area contributed by atoms with E-state index >= 15 is 0 Å². The summed E-state index contributed by atoms with van der Waals surface area (Å²) in [6, 6.07) is 3.61. The van der Waals surface area contributed by atoms with E-state index in [4.69, 9.17) is 0 Å². The van der Waals surface area contributed by atoms with Gasteiger partial charge in [0.25, 0.3) is 10.2 Å². The molecule has 0 spiro atoms. The quantitative estimate of drug-likeness (QED) is 0.874. The van der Waals surface area contributed by atoms with Crippen LogP contribution in [0.4, 0.5) is 0 Å². The van der Waals surface area contributed by atoms with Gasteiger partial charge in [0, 0.05) is 20.3 Å². The molecule has 0 bridgehead atoms. The Morgan fingerprint density at radius 1 is 1.44 bits per heavy atom. The second kappa shape index (κ2) is 4.95. The van der Waals surface area contributed by atoms with Crippen molar-refractivity contribution in [3.05, 3.63) is 29.6 Å². The van der Waals surface area contributed by atoms with Crippen molar-refractivity contribution >= 4 is 10.2 Å². The molecule has 0 aromatic carbocycles. The largest absolute Gasteiger partial charge is 0.279 e. The molecule has 1 aliphatic carbocycles. The number of hydrogen-bond donors (Lipinski definition) is 1. The van der Waals surface area contributed by atoms with Crippen LogP contribution in [0.3, 0.4) is 0 Å². The highest BCUT2D eigenvalue weighted by Crippen LogP contribution is 2.41. The summed E-state index contributed by atoms with van der Waals surface area (Å²) < 4.78 is 27.8. The standard InChI is InChI=1S/C12H19N3O2S/c1-9-5-4-8-13-11(9)12(10-6-7-10)14-18(16,17)15(2)3/h4-5,8,10,12,14H,6-7H2,1-3H3/t12-/m1/s1. The fourth-order valence-corrected chi connectivity index (χ4v) is 2.73. The molecule has 1 N–H and O–H groups in total. The average molecular weight is 269 g/mol. The van der Waals surface area contributed by atoms with Crippen molar-refractivity contribution in [2.75, 3.05) is 14.1 Å². The van der Waals surface area contributed by atoms with Crippen LogP contribution in [0.25, 0.3) is 0 Å². The van der Waals surface area contributed by atoms with Crippen molar-refractivity contribution < 1.29 is 8.42 Å². The van der Waals surface area contributed by atoms with Crippen LogP contribution in [-0.2, 0) is 10.2 Å². The Bertz CT molecular complexity index is 524. The number of nitrogens with zero attached hydrogens (tertiary/aromatic N) is 2. The predicted molar refractivity (Wildman–Crippen MR) is 70.2 cm³/mol. The molecule has 1 heterocycles. The number of hydrogen-bond acceptors (Lipinski definition) is 3. The van der Waals surface area contributed by atoms with Crippen LogP contribution in [0, 0.1) is 12.8 Å². The van der Waals surface area contributed by atoms with Crippen LogP contribution in [-0.4, -0.2) is 31.8 Å². The molecule has 1 atom stereocenters. The average Bonchev–Trinajstić information content (AvgIpc) is 3.10. The Balaban J connectivity index is 2.28. The van der Waals surface area contributed by atoms with Gasteiger partial charge in [0.05, 0.1) is 11.7 Å². The van der Waals surface area contributed by atoms with Crippen molar-refractivity contribution in [3.8, 4) is 0 Å². The number of aryl methyl sites for hydroxylation is 1. The Morgan fingerprint density at radius 2 is 2.11 bits per heavy atom. The maximum absolute atomic E-state index is 11.9. The Kier molecular flexibility index (Phi) is 3.70. The second-order valence-electron chi connectivity index (χ2n) is 4.93. The van der Waals surface area contributed by atoms with Gasteiger partial charge in [-0.2, -0.15) is 17.4 Å². The molecule has 2 rings (SSSR count). The van der Waals surface area contributed by atoms with Gasteiger partial charge < -0.3 is 0 Å². The zero-order chi connectivity index (χ0) is 13.3. The lowest BCUT2D eigenvalue weighted by molar-refractivity contribution is 0.469. The first-order valence-corrected chi connectivity index (χ1v) is 7.47. The number of pyridine rings is 1. The first-order valence-electron chi connectivity index (χ1n) is 6.03. The fourth-order valence-electron chi connectivity index (χ4n) is 1.89. The third kappa shape index (κ3) is 2.88. The van der Waals surface area contributed by atoms with Crippen LogP contribution in [0.1, 0.15) is 30.1 Å². The minimum Gasteiger partial charge on any atom is -0.259 e. The van der Waals surface area contributed by atoms with Crippen molar-refractivity contribution in [2.45, 2.75) is 25.8 Å². The Morgan fingerprint density at radius 3 is 2.61 bits per heavy atom. The zero-order valence-corrected chi connectivity index (χ0v) is 11.7. The molecule has 1 saturated carbocycles. The van der Waals surface area contributed by atoms with Gasteiger partial charge in [-0.05, 0) is 37.3 Å². The molecule has 6 heteroatoms. The highest BCUT2D eigenvalue weighted by Gasteiger charge is 2.37. The normalized spacial score (nSPS) is 18.0. The number of rotatable bonds is 5. The predicted octanol–water partition coefficient (Wildman–Crippen LogP) is 1.24. The maximum atomic E-state index is 11.9. The summed E-state index contributed by atoms with van der Waals surface area (Å²) in [5, 5.41) is 0. The molecule has 0 radical (unpaired) electrons. The van der Waals surface area contributed by atoms with Gasteiger partial charge in [0.15, 0.2) is 0 Å². The third-order valence-electron chi connectivity index (χ3n) is 3.19. The molecule has 0 saturated heterocycles. The van der Waals surface area contributed by atoms with Crippen molar-refractivity contribution in [1.82, 2.24) is 14.0 Å². The molecule has 1 aliphatic rings. The van der Waals surface area contributed by atoms with Crippen LogP contribution in [0.2, 0.25) is 0 Å². The summed E-state index contributed by atoms with van der Waals surface area (Å²) in [7, 11) is -0.373. The van der Waals surface area contributed by atoms with E-state index < -0.39 is 10.2 Å². The van der Waals surface area contributed by atoms with E-state index in [0.29, 0.717) is 5.92 Å². The smallest absolute Gasteiger partial charge is 0.259 e. The number of aromatic nitrogens is 1. The number of nitrogens with one attached hydrogen (secondary N) is 1. The molecule has 1 fully saturated rings. The van der Waals surface area contributed by atoms with Gasteiger partial charge in [0.1, 0.15) is 0 Å². The van der Waals surface area contributed by atoms with Crippen molar-refractivity contribution in [3.63, 3.8) is 0 Å². The third-order valence-corrected chi connectivity index (χ3v) is 4.71. The Hall–Kier alpha value is -0.980. The van der Waals surface area contributed by atoms with E-state index in [0.717, 1.165) is 24.1 Å². The molecule has 0 amide bonds. The van der Waals surface area contributed by atoms with Crippen LogP contribution >= 0.6 is 0 Å². The zero-order valence-electron chi connectivity index (χ0n) is 10.9. The van der Waals surface area contributed by atoms with E-state index in [1.807, 2.05) is 19.1 Å². The summed E-state index contributed by atoms with van der Waals surface area (Å²) >= 11 is 0. The van der Waals surface area contributed by atoms with E-state index in [9.17, 15) is 8.42 Å². The molecular formula is C12H19N3O2S. The van der Waals surface area contributed by atoms with Gasteiger partial charge in [-0.1, -0.05) is 6.07 Å². The SMILES string of the molecule is Cc1cccnc1[C@H](NS(=O)(=O)N(C)C)C1CC1. The Labute approximate surface area is 108 Å². The van der Waals surface area contributed by atoms with Gasteiger partial charge in [-0.25, -0.2) is 0 Å². The molecule has 0 aliphatic heterocycles. The molecule has 1 aromatic heterocycles. The second-order valence-corrected chi connectivity index (χ2v) is 6.84. The van der Waals surface area contributed by atoms with E-state index in [-0.39, 0.29) is 6.04 Å². The topological polar surface area (TPSA) is 62.3 Å². The van der Waals surface area contributed by atoms with Crippen molar-refractivity contribution in [1.29, 1.82) is 0 Å². The maximum Gasteiger partial charge on any atom is 0.279 e. The fraction of sp³-hybridized carbons (Fsp3) is 0.583. The highest BCUT2D eigenvalue weighted by atomic mass is 32.2. The minimum atomic E-state index is -3.42. The van der Waals surface area contributed by atoms with E-state index in [1.165, 1.54) is 18.4 Å². The van der Waals surface area contributed by atoms with Crippen LogP contribution in [0.15, 0.2) is 18.3 Å². The first-order chi connectivity index (χ1) is 8.42. The summed E-state index contributed by atoms with van der Waals surface area (Å²) in [5.41, 5.74) is 1.86. The first kappa shape index (κ1) is 13.5. The lowest BCUT2D eigenvalue weighted by atomic mass is 10.1. The summed E-state index contributed by atoms with van der Waals surface area (Å²) in [6.45, 7) is 1.96. The lowest BCUT2D eigenvalue weighted by Gasteiger charge is -2.21. The van der Waals surface area contributed by atoms with Gasteiger partial charge in [-0.3, -0.25) is 4.98 Å².